The van der Waals surface area contributed by atoms with Gasteiger partial charge in [0.2, 0.25) is 0 Å². The lowest BCUT2D eigenvalue weighted by Gasteiger charge is -2.25. The van der Waals surface area contributed by atoms with Gasteiger partial charge in [-0.15, -0.1) is 0 Å². The Bertz CT molecular complexity index is 387. The molecular weight excluding hydrogens is 338 g/mol. The maximum Gasteiger partial charge on any atom is 0.305 e. The SMILES string of the molecule is CCCCC(F)(F)C(O)CC[C@H]1CCCC1CCCCCCC(=O)OC. The summed E-state index contributed by atoms with van der Waals surface area (Å²) in [5.41, 5.74) is 0. The third kappa shape index (κ3) is 8.79. The maximum atomic E-state index is 13.9. The topological polar surface area (TPSA) is 46.5 Å². The molecule has 1 N–H and O–H groups in total. The fourth-order valence-electron chi connectivity index (χ4n) is 4.17. The largest absolute Gasteiger partial charge is 0.469 e. The Kier molecular flexibility index (Phi) is 11.3. The van der Waals surface area contributed by atoms with Gasteiger partial charge in [-0.1, -0.05) is 58.3 Å². The number of ether oxygens (including phenoxy) is 1. The zero-order chi connectivity index (χ0) is 19.4. The lowest BCUT2D eigenvalue weighted by molar-refractivity contribution is -0.140. The molecular formula is C21H38F2O3. The molecule has 3 atom stereocenters. The molecule has 3 nitrogen and oxygen atoms in total. The van der Waals surface area contributed by atoms with Gasteiger partial charge in [-0.2, -0.15) is 0 Å². The minimum absolute atomic E-state index is 0.143. The zero-order valence-corrected chi connectivity index (χ0v) is 16.7. The number of hydrogen-bond donors (Lipinski definition) is 1. The quantitative estimate of drug-likeness (QED) is 0.304. The van der Waals surface area contributed by atoms with Gasteiger partial charge in [0.1, 0.15) is 6.10 Å². The summed E-state index contributed by atoms with van der Waals surface area (Å²) in [6.45, 7) is 1.89. The lowest BCUT2D eigenvalue weighted by Crippen LogP contribution is -2.33. The number of carbonyl (C=O) groups excluding carboxylic acids is 1. The number of esters is 1. The van der Waals surface area contributed by atoms with Crippen LogP contribution in [0.3, 0.4) is 0 Å². The Morgan fingerprint density at radius 3 is 2.42 bits per heavy atom. The van der Waals surface area contributed by atoms with Gasteiger partial charge in [-0.25, -0.2) is 8.78 Å². The minimum Gasteiger partial charge on any atom is -0.469 e. The number of unbranched alkanes of at least 4 members (excludes halogenated alkanes) is 4. The van der Waals surface area contributed by atoms with Crippen LogP contribution in [0.5, 0.6) is 0 Å². The molecule has 2 unspecified atom stereocenters. The first-order valence-electron chi connectivity index (χ1n) is 10.5. The number of hydrogen-bond acceptors (Lipinski definition) is 3. The molecule has 0 radical (unpaired) electrons. The van der Waals surface area contributed by atoms with Crippen molar-refractivity contribution in [3.05, 3.63) is 0 Å². The molecule has 5 heteroatoms. The fraction of sp³-hybridized carbons (Fsp3) is 0.952. The van der Waals surface area contributed by atoms with Crippen molar-refractivity contribution in [1.29, 1.82) is 0 Å². The Morgan fingerprint density at radius 2 is 1.77 bits per heavy atom. The molecule has 0 aromatic carbocycles. The van der Waals surface area contributed by atoms with Crippen molar-refractivity contribution >= 4 is 5.97 Å². The Hall–Kier alpha value is -0.710. The van der Waals surface area contributed by atoms with Crippen molar-refractivity contribution in [2.75, 3.05) is 7.11 Å². The monoisotopic (exact) mass is 376 g/mol. The van der Waals surface area contributed by atoms with Crippen LogP contribution in [-0.2, 0) is 9.53 Å². The molecule has 0 aromatic rings. The van der Waals surface area contributed by atoms with Gasteiger partial charge in [0.15, 0.2) is 0 Å². The first-order valence-corrected chi connectivity index (χ1v) is 10.5. The molecule has 1 saturated carbocycles. The van der Waals surface area contributed by atoms with E-state index >= 15 is 0 Å². The van der Waals surface area contributed by atoms with Gasteiger partial charge < -0.3 is 9.84 Å². The average Bonchev–Trinajstić information content (AvgIpc) is 3.07. The third-order valence-corrected chi connectivity index (χ3v) is 5.91. The average molecular weight is 377 g/mol. The van der Waals surface area contributed by atoms with Crippen LogP contribution in [-0.4, -0.2) is 30.2 Å². The predicted molar refractivity (Wildman–Crippen MR) is 100 cm³/mol. The van der Waals surface area contributed by atoms with Crippen LogP contribution in [0.25, 0.3) is 0 Å². The normalized spacial score (nSPS) is 21.7. The molecule has 0 aromatic heterocycles. The minimum atomic E-state index is -2.94. The second kappa shape index (κ2) is 12.6. The summed E-state index contributed by atoms with van der Waals surface area (Å²) in [6.07, 6.45) is 9.71. The second-order valence-corrected chi connectivity index (χ2v) is 7.94. The highest BCUT2D eigenvalue weighted by Crippen LogP contribution is 2.39. The molecule has 0 heterocycles. The number of aliphatic hydroxyl groups is 1. The summed E-state index contributed by atoms with van der Waals surface area (Å²) < 4.78 is 32.4. The second-order valence-electron chi connectivity index (χ2n) is 7.94. The summed E-state index contributed by atoms with van der Waals surface area (Å²) in [7, 11) is 1.42. The molecule has 1 rings (SSSR count). The number of halogens is 2. The van der Waals surface area contributed by atoms with E-state index < -0.39 is 12.0 Å². The van der Waals surface area contributed by atoms with Gasteiger partial charge in [-0.3, -0.25) is 4.79 Å². The van der Waals surface area contributed by atoms with E-state index in [4.69, 9.17) is 0 Å². The van der Waals surface area contributed by atoms with Crippen LogP contribution in [0.2, 0.25) is 0 Å². The van der Waals surface area contributed by atoms with Gasteiger partial charge >= 0.3 is 5.97 Å². The first-order chi connectivity index (χ1) is 12.4. The zero-order valence-electron chi connectivity index (χ0n) is 16.7. The Balaban J connectivity index is 2.21. The van der Waals surface area contributed by atoms with Gasteiger partial charge in [0, 0.05) is 12.8 Å². The lowest BCUT2D eigenvalue weighted by atomic mass is 9.86. The van der Waals surface area contributed by atoms with E-state index in [0.717, 1.165) is 51.4 Å². The smallest absolute Gasteiger partial charge is 0.305 e. The maximum absolute atomic E-state index is 13.9. The van der Waals surface area contributed by atoms with Crippen LogP contribution in [0, 0.1) is 11.8 Å². The van der Waals surface area contributed by atoms with Crippen molar-refractivity contribution in [2.24, 2.45) is 11.8 Å². The van der Waals surface area contributed by atoms with Crippen LogP contribution < -0.4 is 0 Å². The molecule has 0 saturated heterocycles. The summed E-state index contributed by atoms with van der Waals surface area (Å²) in [4.78, 5) is 11.1. The summed E-state index contributed by atoms with van der Waals surface area (Å²) in [5.74, 6) is -1.98. The van der Waals surface area contributed by atoms with E-state index in [0.29, 0.717) is 24.7 Å². The van der Waals surface area contributed by atoms with Crippen LogP contribution in [0.4, 0.5) is 8.78 Å². The van der Waals surface area contributed by atoms with E-state index in [2.05, 4.69) is 4.74 Å². The van der Waals surface area contributed by atoms with Crippen molar-refractivity contribution in [3.8, 4) is 0 Å². The van der Waals surface area contributed by atoms with E-state index in [9.17, 15) is 18.7 Å². The summed E-state index contributed by atoms with van der Waals surface area (Å²) in [5, 5.41) is 9.90. The molecule has 1 fully saturated rings. The van der Waals surface area contributed by atoms with Crippen LogP contribution in [0.15, 0.2) is 0 Å². The van der Waals surface area contributed by atoms with Gasteiger partial charge in [-0.05, 0) is 37.5 Å². The van der Waals surface area contributed by atoms with Crippen molar-refractivity contribution in [3.63, 3.8) is 0 Å². The molecule has 0 aliphatic heterocycles. The molecule has 0 amide bonds. The van der Waals surface area contributed by atoms with Gasteiger partial charge in [0.25, 0.3) is 5.92 Å². The number of aliphatic hydroxyl groups excluding tert-OH is 1. The Labute approximate surface area is 157 Å². The first kappa shape index (κ1) is 23.3. The highest BCUT2D eigenvalue weighted by molar-refractivity contribution is 5.68. The Morgan fingerprint density at radius 1 is 1.12 bits per heavy atom. The molecule has 0 bridgehead atoms. The highest BCUT2D eigenvalue weighted by Gasteiger charge is 2.38. The van der Waals surface area contributed by atoms with Crippen LogP contribution in [0.1, 0.15) is 96.8 Å². The van der Waals surface area contributed by atoms with E-state index in [-0.39, 0.29) is 18.8 Å². The summed E-state index contributed by atoms with van der Waals surface area (Å²) >= 11 is 0. The molecule has 1 aliphatic rings. The van der Waals surface area contributed by atoms with Crippen molar-refractivity contribution in [1.82, 2.24) is 0 Å². The number of methoxy groups -OCH3 is 1. The van der Waals surface area contributed by atoms with E-state index in [1.54, 1.807) is 0 Å². The van der Waals surface area contributed by atoms with Gasteiger partial charge in [0.05, 0.1) is 7.11 Å². The highest BCUT2D eigenvalue weighted by atomic mass is 19.3. The molecule has 1 aliphatic carbocycles. The molecule has 26 heavy (non-hydrogen) atoms. The standard InChI is InChI=1S/C21H38F2O3/c1-3-4-16-21(22,23)19(24)15-14-18-12-9-11-17(18)10-7-5-6-8-13-20(25)26-2/h17-19,24H,3-16H2,1-2H3/t17?,18-,19?/m1/s1. The van der Waals surface area contributed by atoms with E-state index in [1.807, 2.05) is 6.92 Å². The fourth-order valence-corrected chi connectivity index (χ4v) is 4.17. The van der Waals surface area contributed by atoms with Crippen molar-refractivity contribution < 1.29 is 23.4 Å². The number of alkyl halides is 2. The number of carbonyl (C=O) groups is 1. The molecule has 0 spiro atoms. The van der Waals surface area contributed by atoms with Crippen molar-refractivity contribution in [2.45, 2.75) is 109 Å². The summed E-state index contributed by atoms with van der Waals surface area (Å²) in [6, 6.07) is 0. The number of rotatable bonds is 14. The predicted octanol–water partition coefficient (Wildman–Crippen LogP) is 5.88. The van der Waals surface area contributed by atoms with E-state index in [1.165, 1.54) is 20.0 Å². The third-order valence-electron chi connectivity index (χ3n) is 5.91. The van der Waals surface area contributed by atoms with Crippen LogP contribution >= 0.6 is 0 Å². The molecule has 154 valence electrons.